The molecule has 0 saturated carbocycles. The summed E-state index contributed by atoms with van der Waals surface area (Å²) in [5, 5.41) is 0. The molecular formula is C10H19N3S. The number of nitrogens with one attached hydrogen (secondary N) is 1. The van der Waals surface area contributed by atoms with Crippen LogP contribution in [0.1, 0.15) is 43.3 Å². The molecule has 0 aliphatic carbocycles. The zero-order chi connectivity index (χ0) is 10.6. The van der Waals surface area contributed by atoms with Gasteiger partial charge >= 0.3 is 0 Å². The van der Waals surface area contributed by atoms with Crippen LogP contribution in [0, 0.1) is 12.8 Å². The molecule has 0 aliphatic heterocycles. The molecular weight excluding hydrogens is 194 g/mol. The third kappa shape index (κ3) is 2.77. The molecule has 1 rings (SSSR count). The number of hydrazine groups is 1. The molecule has 4 heteroatoms. The minimum absolute atomic E-state index is 0.262. The number of aryl methyl sites for hydroxylation is 1. The zero-order valence-electron chi connectivity index (χ0n) is 9.08. The first-order valence-corrected chi connectivity index (χ1v) is 5.93. The molecule has 2 unspecified atom stereocenters. The molecule has 80 valence electrons. The van der Waals surface area contributed by atoms with Gasteiger partial charge in [-0.15, -0.1) is 11.3 Å². The Bertz CT molecular complexity index is 272. The highest BCUT2D eigenvalue weighted by atomic mass is 32.1. The van der Waals surface area contributed by atoms with Crippen molar-refractivity contribution in [3.05, 3.63) is 16.1 Å². The van der Waals surface area contributed by atoms with Gasteiger partial charge in [0.1, 0.15) is 0 Å². The molecule has 3 nitrogen and oxygen atoms in total. The van der Waals surface area contributed by atoms with E-state index in [1.165, 1.54) is 11.3 Å². The second-order valence-electron chi connectivity index (χ2n) is 3.77. The fraction of sp³-hybridized carbons (Fsp3) is 0.700. The molecule has 14 heavy (non-hydrogen) atoms. The van der Waals surface area contributed by atoms with Crippen molar-refractivity contribution in [2.75, 3.05) is 0 Å². The fourth-order valence-corrected chi connectivity index (χ4v) is 2.34. The lowest BCUT2D eigenvalue weighted by molar-refractivity contribution is 0.410. The first-order chi connectivity index (χ1) is 6.69. The van der Waals surface area contributed by atoms with E-state index in [2.05, 4.69) is 24.3 Å². The Hall–Kier alpha value is -0.450. The van der Waals surface area contributed by atoms with Crippen molar-refractivity contribution in [3.8, 4) is 0 Å². The number of hydrogen-bond donors (Lipinski definition) is 2. The molecule has 0 aliphatic rings. The van der Waals surface area contributed by atoms with Crippen molar-refractivity contribution in [1.29, 1.82) is 0 Å². The summed E-state index contributed by atoms with van der Waals surface area (Å²) in [6.45, 7) is 6.49. The van der Waals surface area contributed by atoms with E-state index < -0.39 is 0 Å². The van der Waals surface area contributed by atoms with Crippen molar-refractivity contribution in [3.63, 3.8) is 0 Å². The van der Waals surface area contributed by atoms with Crippen LogP contribution in [0.3, 0.4) is 0 Å². The van der Waals surface area contributed by atoms with Gasteiger partial charge in [0.15, 0.2) is 0 Å². The Morgan fingerprint density at radius 1 is 1.64 bits per heavy atom. The number of rotatable bonds is 5. The van der Waals surface area contributed by atoms with Gasteiger partial charge in [-0.25, -0.2) is 4.98 Å². The number of nitrogens with zero attached hydrogens (tertiary/aromatic N) is 1. The highest BCUT2D eigenvalue weighted by Crippen LogP contribution is 2.27. The molecule has 1 heterocycles. The minimum Gasteiger partial charge on any atom is -0.271 e. The van der Waals surface area contributed by atoms with Gasteiger partial charge in [0.2, 0.25) is 0 Å². The van der Waals surface area contributed by atoms with Crippen molar-refractivity contribution < 1.29 is 0 Å². The highest BCUT2D eigenvalue weighted by molar-refractivity contribution is 7.09. The van der Waals surface area contributed by atoms with Gasteiger partial charge in [0, 0.05) is 4.88 Å². The topological polar surface area (TPSA) is 50.9 Å². The molecule has 1 aromatic heterocycles. The summed E-state index contributed by atoms with van der Waals surface area (Å²) >= 11 is 1.68. The summed E-state index contributed by atoms with van der Waals surface area (Å²) in [7, 11) is 0. The molecule has 0 fully saturated rings. The lowest BCUT2D eigenvalue weighted by Gasteiger charge is -2.18. The van der Waals surface area contributed by atoms with E-state index in [9.17, 15) is 0 Å². The summed E-state index contributed by atoms with van der Waals surface area (Å²) in [5.74, 6) is 6.26. The second kappa shape index (κ2) is 5.44. The van der Waals surface area contributed by atoms with E-state index in [0.717, 1.165) is 12.1 Å². The van der Waals surface area contributed by atoms with E-state index in [1.807, 2.05) is 12.4 Å². The summed E-state index contributed by atoms with van der Waals surface area (Å²) in [5.41, 5.74) is 5.86. The van der Waals surface area contributed by atoms with Crippen molar-refractivity contribution in [2.24, 2.45) is 11.8 Å². The van der Waals surface area contributed by atoms with E-state index >= 15 is 0 Å². The van der Waals surface area contributed by atoms with Gasteiger partial charge in [-0.2, -0.15) is 0 Å². The monoisotopic (exact) mass is 213 g/mol. The molecule has 0 saturated heterocycles. The van der Waals surface area contributed by atoms with E-state index in [4.69, 9.17) is 5.84 Å². The maximum absolute atomic E-state index is 5.56. The minimum atomic E-state index is 0.262. The quantitative estimate of drug-likeness (QED) is 0.583. The summed E-state index contributed by atoms with van der Waals surface area (Å²) in [6, 6.07) is 0.262. The maximum Gasteiger partial charge on any atom is 0.0798 e. The predicted molar refractivity (Wildman–Crippen MR) is 61.0 cm³/mol. The van der Waals surface area contributed by atoms with E-state index in [0.29, 0.717) is 5.92 Å². The molecule has 0 spiro atoms. The standard InChI is InChI=1S/C10H19N3S/c1-4-7(2)5-9(13-11)10-8(3)12-6-14-10/h6-7,9,13H,4-5,11H2,1-3H3. The molecule has 0 radical (unpaired) electrons. The van der Waals surface area contributed by atoms with Crippen LogP contribution in [-0.4, -0.2) is 4.98 Å². The van der Waals surface area contributed by atoms with Gasteiger partial charge in [0.25, 0.3) is 0 Å². The van der Waals surface area contributed by atoms with E-state index in [-0.39, 0.29) is 6.04 Å². The lowest BCUT2D eigenvalue weighted by Crippen LogP contribution is -2.29. The zero-order valence-corrected chi connectivity index (χ0v) is 9.90. The normalized spacial score (nSPS) is 15.4. The van der Waals surface area contributed by atoms with Gasteiger partial charge in [0.05, 0.1) is 17.2 Å². The molecule has 3 N–H and O–H groups in total. The summed E-state index contributed by atoms with van der Waals surface area (Å²) < 4.78 is 0. The number of aromatic nitrogens is 1. The first kappa shape index (κ1) is 11.6. The van der Waals surface area contributed by atoms with Crippen LogP contribution in [0.5, 0.6) is 0 Å². The molecule has 0 bridgehead atoms. The molecule has 2 atom stereocenters. The SMILES string of the molecule is CCC(C)CC(NN)c1scnc1C. The van der Waals surface area contributed by atoms with Gasteiger partial charge < -0.3 is 0 Å². The Morgan fingerprint density at radius 3 is 2.79 bits per heavy atom. The number of nitrogens with two attached hydrogens (primary N) is 1. The van der Waals surface area contributed by atoms with Crippen LogP contribution in [0.4, 0.5) is 0 Å². The largest absolute Gasteiger partial charge is 0.271 e. The molecule has 0 aromatic carbocycles. The Kier molecular flexibility index (Phi) is 4.51. The Labute approximate surface area is 89.7 Å². The van der Waals surface area contributed by atoms with Crippen LogP contribution < -0.4 is 11.3 Å². The Balaban J connectivity index is 2.67. The van der Waals surface area contributed by atoms with Crippen molar-refractivity contribution in [2.45, 2.75) is 39.7 Å². The first-order valence-electron chi connectivity index (χ1n) is 5.05. The maximum atomic E-state index is 5.56. The second-order valence-corrected chi connectivity index (χ2v) is 4.66. The van der Waals surface area contributed by atoms with E-state index in [1.54, 1.807) is 11.3 Å². The number of hydrogen-bond acceptors (Lipinski definition) is 4. The lowest BCUT2D eigenvalue weighted by atomic mass is 9.98. The van der Waals surface area contributed by atoms with Gasteiger partial charge in [-0.1, -0.05) is 20.3 Å². The van der Waals surface area contributed by atoms with Gasteiger partial charge in [-0.3, -0.25) is 11.3 Å². The van der Waals surface area contributed by atoms with Gasteiger partial charge in [-0.05, 0) is 19.3 Å². The summed E-state index contributed by atoms with van der Waals surface area (Å²) in [4.78, 5) is 5.51. The van der Waals surface area contributed by atoms with Crippen molar-refractivity contribution in [1.82, 2.24) is 10.4 Å². The average molecular weight is 213 g/mol. The van der Waals surface area contributed by atoms with Crippen LogP contribution >= 0.6 is 11.3 Å². The smallest absolute Gasteiger partial charge is 0.0798 e. The highest BCUT2D eigenvalue weighted by Gasteiger charge is 2.16. The van der Waals surface area contributed by atoms with Crippen LogP contribution in [0.25, 0.3) is 0 Å². The Morgan fingerprint density at radius 2 is 2.36 bits per heavy atom. The fourth-order valence-electron chi connectivity index (χ4n) is 1.47. The third-order valence-electron chi connectivity index (χ3n) is 2.64. The number of thiazole rings is 1. The third-order valence-corrected chi connectivity index (χ3v) is 3.68. The van der Waals surface area contributed by atoms with Crippen LogP contribution in [-0.2, 0) is 0 Å². The van der Waals surface area contributed by atoms with Crippen LogP contribution in [0.15, 0.2) is 5.51 Å². The summed E-state index contributed by atoms with van der Waals surface area (Å²) in [6.07, 6.45) is 2.27. The molecule has 0 amide bonds. The van der Waals surface area contributed by atoms with Crippen molar-refractivity contribution >= 4 is 11.3 Å². The van der Waals surface area contributed by atoms with Crippen LogP contribution in [0.2, 0.25) is 0 Å². The average Bonchev–Trinajstić information content (AvgIpc) is 2.60. The molecule has 1 aromatic rings. The predicted octanol–water partition coefficient (Wildman–Crippen LogP) is 2.39.